The van der Waals surface area contributed by atoms with Crippen molar-refractivity contribution in [2.24, 2.45) is 0 Å². The van der Waals surface area contributed by atoms with E-state index in [0.29, 0.717) is 18.8 Å². The summed E-state index contributed by atoms with van der Waals surface area (Å²) in [6.07, 6.45) is 2.04. The number of carbonyl (C=O) groups is 1. The summed E-state index contributed by atoms with van der Waals surface area (Å²) < 4.78 is 17.5. The lowest BCUT2D eigenvalue weighted by Crippen LogP contribution is -2.50. The molecule has 0 N–H and O–H groups in total. The zero-order chi connectivity index (χ0) is 22.9. The Hall–Kier alpha value is -3.12. The minimum Gasteiger partial charge on any atom is -0.456 e. The zero-order valence-electron chi connectivity index (χ0n) is 19.3. The van der Waals surface area contributed by atoms with Crippen LogP contribution in [0, 0.1) is 0 Å². The molecule has 1 saturated heterocycles. The van der Waals surface area contributed by atoms with Crippen molar-refractivity contribution < 1.29 is 19.0 Å². The van der Waals surface area contributed by atoms with E-state index in [4.69, 9.17) is 14.2 Å². The van der Waals surface area contributed by atoms with E-state index in [9.17, 15) is 4.79 Å². The van der Waals surface area contributed by atoms with Crippen molar-refractivity contribution in [1.29, 1.82) is 0 Å². The van der Waals surface area contributed by atoms with E-state index in [1.54, 1.807) is 11.1 Å². The van der Waals surface area contributed by atoms with E-state index in [-0.39, 0.29) is 12.1 Å². The fourth-order valence-electron chi connectivity index (χ4n) is 3.92. The first-order valence-corrected chi connectivity index (χ1v) is 10.9. The van der Waals surface area contributed by atoms with Gasteiger partial charge in [-0.3, -0.25) is 9.88 Å². The fourth-order valence-corrected chi connectivity index (χ4v) is 3.92. The number of aromatic nitrogens is 1. The molecular weight excluding hydrogens is 404 g/mol. The molecule has 1 aliphatic rings. The number of hydrogen-bond acceptors (Lipinski definition) is 5. The highest BCUT2D eigenvalue weighted by molar-refractivity contribution is 5.79. The van der Waals surface area contributed by atoms with Crippen LogP contribution in [0.3, 0.4) is 0 Å². The second kappa shape index (κ2) is 8.43. The van der Waals surface area contributed by atoms with Crippen LogP contribution in [0.25, 0.3) is 10.9 Å². The number of pyridine rings is 1. The van der Waals surface area contributed by atoms with E-state index >= 15 is 0 Å². The molecule has 0 unspecified atom stereocenters. The topological polar surface area (TPSA) is 60.9 Å². The number of nitrogens with zero attached hydrogens (tertiary/aromatic N) is 2. The Balaban J connectivity index is 1.44. The Morgan fingerprint density at radius 1 is 1.12 bits per heavy atom. The molecule has 3 aromatic rings. The SMILES string of the molecule is CC(C)(C)OC(=O)N1[C@@H](Cc2ccc(Oc3cnc4ccccc4c3)cc2)COC1(C)C. The zero-order valence-corrected chi connectivity index (χ0v) is 19.3. The Morgan fingerprint density at radius 2 is 1.84 bits per heavy atom. The predicted octanol–water partition coefficient (Wildman–Crippen LogP) is 5.94. The summed E-state index contributed by atoms with van der Waals surface area (Å²) >= 11 is 0. The monoisotopic (exact) mass is 434 g/mol. The molecule has 168 valence electrons. The van der Waals surface area contributed by atoms with Crippen LogP contribution in [-0.4, -0.2) is 40.0 Å². The van der Waals surface area contributed by atoms with Crippen LogP contribution in [0.15, 0.2) is 60.8 Å². The van der Waals surface area contributed by atoms with Crippen LogP contribution in [0.4, 0.5) is 4.79 Å². The van der Waals surface area contributed by atoms with Gasteiger partial charge in [-0.15, -0.1) is 0 Å². The first-order chi connectivity index (χ1) is 15.1. The van der Waals surface area contributed by atoms with Gasteiger partial charge in [0.2, 0.25) is 0 Å². The molecule has 1 atom stereocenters. The summed E-state index contributed by atoms with van der Waals surface area (Å²) in [4.78, 5) is 19.0. The van der Waals surface area contributed by atoms with Crippen molar-refractivity contribution in [3.63, 3.8) is 0 Å². The second-order valence-corrected chi connectivity index (χ2v) is 9.58. The summed E-state index contributed by atoms with van der Waals surface area (Å²) in [6, 6.07) is 17.7. The molecule has 1 fully saturated rings. The normalized spacial score (nSPS) is 18.0. The van der Waals surface area contributed by atoms with Gasteiger partial charge in [0.15, 0.2) is 0 Å². The summed E-state index contributed by atoms with van der Waals surface area (Å²) in [5.41, 5.74) is 0.760. The number of rotatable bonds is 4. The van der Waals surface area contributed by atoms with Crippen molar-refractivity contribution >= 4 is 17.0 Å². The van der Waals surface area contributed by atoms with Crippen LogP contribution in [0.5, 0.6) is 11.5 Å². The lowest BCUT2D eigenvalue weighted by Gasteiger charge is -2.35. The number of ether oxygens (including phenoxy) is 3. The molecule has 0 spiro atoms. The van der Waals surface area contributed by atoms with E-state index in [1.807, 2.05) is 89.2 Å². The summed E-state index contributed by atoms with van der Waals surface area (Å²) in [6.45, 7) is 9.86. The molecule has 6 heteroatoms. The average molecular weight is 435 g/mol. The summed E-state index contributed by atoms with van der Waals surface area (Å²) in [7, 11) is 0. The molecule has 1 amide bonds. The third-order valence-corrected chi connectivity index (χ3v) is 5.36. The van der Waals surface area contributed by atoms with Gasteiger partial charge in [-0.1, -0.05) is 30.3 Å². The van der Waals surface area contributed by atoms with E-state index < -0.39 is 11.3 Å². The number of carbonyl (C=O) groups excluding carboxylic acids is 1. The lowest BCUT2D eigenvalue weighted by atomic mass is 10.0. The van der Waals surface area contributed by atoms with Crippen molar-refractivity contribution in [2.75, 3.05) is 6.61 Å². The van der Waals surface area contributed by atoms with E-state index in [2.05, 4.69) is 4.98 Å². The molecule has 0 radical (unpaired) electrons. The van der Waals surface area contributed by atoms with Gasteiger partial charge in [-0.25, -0.2) is 4.79 Å². The smallest absolute Gasteiger partial charge is 0.412 e. The van der Waals surface area contributed by atoms with Crippen molar-refractivity contribution in [3.8, 4) is 11.5 Å². The molecule has 1 aliphatic heterocycles. The highest BCUT2D eigenvalue weighted by Crippen LogP contribution is 2.32. The van der Waals surface area contributed by atoms with Crippen molar-refractivity contribution in [3.05, 3.63) is 66.4 Å². The molecule has 4 rings (SSSR count). The Bertz CT molecular complexity index is 1100. The average Bonchev–Trinajstić information content (AvgIpc) is 3.02. The molecule has 0 bridgehead atoms. The first-order valence-electron chi connectivity index (χ1n) is 10.9. The summed E-state index contributed by atoms with van der Waals surface area (Å²) in [5, 5.41) is 1.03. The van der Waals surface area contributed by atoms with Gasteiger partial charge in [0.25, 0.3) is 0 Å². The molecular formula is C26H30N2O4. The Morgan fingerprint density at radius 3 is 2.56 bits per heavy atom. The largest absolute Gasteiger partial charge is 0.456 e. The quantitative estimate of drug-likeness (QED) is 0.508. The minimum atomic E-state index is -0.709. The molecule has 1 aromatic heterocycles. The molecule has 2 aromatic carbocycles. The van der Waals surface area contributed by atoms with Gasteiger partial charge >= 0.3 is 6.09 Å². The second-order valence-electron chi connectivity index (χ2n) is 9.58. The maximum atomic E-state index is 12.8. The molecule has 2 heterocycles. The highest BCUT2D eigenvalue weighted by atomic mass is 16.6. The third kappa shape index (κ3) is 5.02. The van der Waals surface area contributed by atoms with Crippen LogP contribution in [0.2, 0.25) is 0 Å². The lowest BCUT2D eigenvalue weighted by molar-refractivity contribution is -0.0624. The van der Waals surface area contributed by atoms with Crippen LogP contribution in [0.1, 0.15) is 40.2 Å². The Labute approximate surface area is 189 Å². The number of fused-ring (bicyclic) bond motifs is 1. The molecule has 0 aliphatic carbocycles. The predicted molar refractivity (Wildman–Crippen MR) is 124 cm³/mol. The molecule has 6 nitrogen and oxygen atoms in total. The minimum absolute atomic E-state index is 0.101. The number of hydrogen-bond donors (Lipinski definition) is 0. The van der Waals surface area contributed by atoms with Crippen molar-refractivity contribution in [2.45, 2.75) is 58.4 Å². The van der Waals surface area contributed by atoms with Crippen LogP contribution < -0.4 is 4.74 Å². The summed E-state index contributed by atoms with van der Waals surface area (Å²) in [5.74, 6) is 1.43. The highest BCUT2D eigenvalue weighted by Gasteiger charge is 2.45. The fraction of sp³-hybridized carbons (Fsp3) is 0.385. The molecule has 32 heavy (non-hydrogen) atoms. The van der Waals surface area contributed by atoms with E-state index in [0.717, 1.165) is 22.2 Å². The van der Waals surface area contributed by atoms with E-state index in [1.165, 1.54) is 0 Å². The van der Waals surface area contributed by atoms with Crippen LogP contribution >= 0.6 is 0 Å². The van der Waals surface area contributed by atoms with Gasteiger partial charge in [-0.2, -0.15) is 0 Å². The van der Waals surface area contributed by atoms with Gasteiger partial charge < -0.3 is 14.2 Å². The van der Waals surface area contributed by atoms with Gasteiger partial charge in [0.05, 0.1) is 24.4 Å². The Kier molecular flexibility index (Phi) is 5.82. The third-order valence-electron chi connectivity index (χ3n) is 5.36. The van der Waals surface area contributed by atoms with Crippen LogP contribution in [-0.2, 0) is 15.9 Å². The maximum absolute atomic E-state index is 12.8. The number of benzene rings is 2. The van der Waals surface area contributed by atoms with Gasteiger partial charge in [-0.05, 0) is 70.9 Å². The standard InChI is InChI=1S/C26H30N2O4/c1-25(2,3)32-24(29)28-20(17-30-26(28,4)5)14-18-10-12-21(13-11-18)31-22-15-19-8-6-7-9-23(19)27-16-22/h6-13,15-16,20H,14,17H2,1-5H3/t20-/m0/s1. The first kappa shape index (κ1) is 22.1. The number of para-hydroxylation sites is 1. The number of amides is 1. The van der Waals surface area contributed by atoms with Gasteiger partial charge in [0, 0.05) is 5.39 Å². The maximum Gasteiger partial charge on any atom is 0.412 e. The van der Waals surface area contributed by atoms with Gasteiger partial charge in [0.1, 0.15) is 22.8 Å². The van der Waals surface area contributed by atoms with Crippen molar-refractivity contribution in [1.82, 2.24) is 9.88 Å². The molecule has 0 saturated carbocycles.